The molecule has 0 fully saturated rings. The number of rotatable bonds is 4. The van der Waals surface area contributed by atoms with Gasteiger partial charge in [0.25, 0.3) is 5.91 Å². The van der Waals surface area contributed by atoms with Crippen molar-refractivity contribution in [1.29, 1.82) is 0 Å². The van der Waals surface area contributed by atoms with Crippen molar-refractivity contribution in [2.75, 3.05) is 13.2 Å². The lowest BCUT2D eigenvalue weighted by Crippen LogP contribution is -2.26. The Bertz CT molecular complexity index is 348. The standard InChI is InChI=1S/C9H11N3O3/c13-4-3-10-9(14)7-1-2-8(6-12-15)11-5-7/h1-2,5-6,13,15H,3-4H2,(H,10,14). The second-order valence-corrected chi connectivity index (χ2v) is 2.70. The molecule has 0 aliphatic heterocycles. The predicted molar refractivity (Wildman–Crippen MR) is 53.0 cm³/mol. The molecule has 0 aromatic carbocycles. The highest BCUT2D eigenvalue weighted by atomic mass is 16.4. The largest absolute Gasteiger partial charge is 0.411 e. The van der Waals surface area contributed by atoms with Gasteiger partial charge in [-0.25, -0.2) is 0 Å². The smallest absolute Gasteiger partial charge is 0.252 e. The summed E-state index contributed by atoms with van der Waals surface area (Å²) >= 11 is 0. The summed E-state index contributed by atoms with van der Waals surface area (Å²) in [5, 5.41) is 22.0. The Balaban J connectivity index is 2.66. The molecule has 6 nitrogen and oxygen atoms in total. The van der Waals surface area contributed by atoms with Crippen LogP contribution in [0, 0.1) is 0 Å². The van der Waals surface area contributed by atoms with Gasteiger partial charge in [-0.1, -0.05) is 5.16 Å². The summed E-state index contributed by atoms with van der Waals surface area (Å²) in [5.74, 6) is -0.302. The van der Waals surface area contributed by atoms with Crippen LogP contribution in [0.15, 0.2) is 23.5 Å². The van der Waals surface area contributed by atoms with Gasteiger partial charge in [0.05, 0.1) is 24.1 Å². The molecule has 80 valence electrons. The maximum atomic E-state index is 11.3. The van der Waals surface area contributed by atoms with Crippen molar-refractivity contribution in [1.82, 2.24) is 10.3 Å². The molecule has 1 amide bonds. The molecule has 15 heavy (non-hydrogen) atoms. The number of hydrogen-bond donors (Lipinski definition) is 3. The Morgan fingerprint density at radius 2 is 2.40 bits per heavy atom. The van der Waals surface area contributed by atoms with Gasteiger partial charge in [0, 0.05) is 12.7 Å². The number of nitrogens with one attached hydrogen (secondary N) is 1. The summed E-state index contributed by atoms with van der Waals surface area (Å²) in [6, 6.07) is 3.10. The summed E-state index contributed by atoms with van der Waals surface area (Å²) in [6.07, 6.45) is 2.53. The Hall–Kier alpha value is -1.95. The molecule has 6 heteroatoms. The first kappa shape index (κ1) is 11.1. The van der Waals surface area contributed by atoms with E-state index < -0.39 is 0 Å². The minimum Gasteiger partial charge on any atom is -0.411 e. The van der Waals surface area contributed by atoms with Crippen molar-refractivity contribution in [3.8, 4) is 0 Å². The van der Waals surface area contributed by atoms with Crippen molar-refractivity contribution >= 4 is 12.1 Å². The number of nitrogens with zero attached hydrogens (tertiary/aromatic N) is 2. The molecule has 0 radical (unpaired) electrons. The summed E-state index contributed by atoms with van der Waals surface area (Å²) in [7, 11) is 0. The first-order valence-electron chi connectivity index (χ1n) is 4.30. The zero-order valence-corrected chi connectivity index (χ0v) is 7.92. The maximum Gasteiger partial charge on any atom is 0.252 e. The summed E-state index contributed by atoms with van der Waals surface area (Å²) in [6.45, 7) is 0.104. The lowest BCUT2D eigenvalue weighted by Gasteiger charge is -2.02. The van der Waals surface area contributed by atoms with E-state index in [2.05, 4.69) is 15.5 Å². The van der Waals surface area contributed by atoms with Crippen LogP contribution >= 0.6 is 0 Å². The first-order chi connectivity index (χ1) is 7.27. The van der Waals surface area contributed by atoms with Crippen molar-refractivity contribution in [3.05, 3.63) is 29.6 Å². The van der Waals surface area contributed by atoms with E-state index >= 15 is 0 Å². The fraction of sp³-hybridized carbons (Fsp3) is 0.222. The van der Waals surface area contributed by atoms with Crippen LogP contribution in [0.4, 0.5) is 0 Å². The molecule has 0 aliphatic carbocycles. The van der Waals surface area contributed by atoms with E-state index in [1.807, 2.05) is 0 Å². The lowest BCUT2D eigenvalue weighted by atomic mass is 10.2. The van der Waals surface area contributed by atoms with Crippen LogP contribution in [0.3, 0.4) is 0 Å². The van der Waals surface area contributed by atoms with Gasteiger partial charge < -0.3 is 15.6 Å². The Labute approximate surface area is 86.3 Å². The van der Waals surface area contributed by atoms with Crippen molar-refractivity contribution in [2.45, 2.75) is 0 Å². The zero-order chi connectivity index (χ0) is 11.1. The number of aliphatic hydroxyl groups is 1. The van der Waals surface area contributed by atoms with Gasteiger partial charge in [0.1, 0.15) is 0 Å². The van der Waals surface area contributed by atoms with Crippen LogP contribution in [0.25, 0.3) is 0 Å². The molecule has 1 aromatic rings. The van der Waals surface area contributed by atoms with Gasteiger partial charge in [0.15, 0.2) is 0 Å². The normalized spacial score (nSPS) is 10.5. The van der Waals surface area contributed by atoms with Crippen LogP contribution in [0.2, 0.25) is 0 Å². The SMILES string of the molecule is O=C(NCCO)c1ccc(C=NO)nc1. The number of aliphatic hydroxyl groups excluding tert-OH is 1. The quantitative estimate of drug-likeness (QED) is 0.357. The van der Waals surface area contributed by atoms with Crippen LogP contribution in [0.1, 0.15) is 16.1 Å². The minimum atomic E-state index is -0.302. The molecule has 0 aliphatic rings. The number of oxime groups is 1. The molecule has 0 saturated heterocycles. The lowest BCUT2D eigenvalue weighted by molar-refractivity contribution is 0.0944. The Morgan fingerprint density at radius 1 is 1.60 bits per heavy atom. The summed E-state index contributed by atoms with van der Waals surface area (Å²) in [5.41, 5.74) is 0.842. The van der Waals surface area contributed by atoms with Gasteiger partial charge >= 0.3 is 0 Å². The van der Waals surface area contributed by atoms with Gasteiger partial charge in [-0.2, -0.15) is 0 Å². The fourth-order valence-corrected chi connectivity index (χ4v) is 0.947. The van der Waals surface area contributed by atoms with E-state index in [0.29, 0.717) is 11.3 Å². The molecule has 1 rings (SSSR count). The molecule has 0 atom stereocenters. The summed E-state index contributed by atoms with van der Waals surface area (Å²) in [4.78, 5) is 15.2. The van der Waals surface area contributed by atoms with Crippen LogP contribution in [-0.4, -0.2) is 40.6 Å². The van der Waals surface area contributed by atoms with Gasteiger partial charge in [-0.3, -0.25) is 9.78 Å². The molecule has 1 aromatic heterocycles. The van der Waals surface area contributed by atoms with Crippen molar-refractivity contribution < 1.29 is 15.1 Å². The van der Waals surface area contributed by atoms with Crippen LogP contribution < -0.4 is 5.32 Å². The van der Waals surface area contributed by atoms with Gasteiger partial charge in [-0.15, -0.1) is 0 Å². The zero-order valence-electron chi connectivity index (χ0n) is 7.92. The molecule has 3 N–H and O–H groups in total. The molecule has 0 saturated carbocycles. The Kier molecular flexibility index (Phi) is 4.24. The third-order valence-electron chi connectivity index (χ3n) is 1.64. The third kappa shape index (κ3) is 3.35. The second-order valence-electron chi connectivity index (χ2n) is 2.70. The predicted octanol–water partition coefficient (Wildman–Crippen LogP) is -0.388. The molecule has 0 spiro atoms. The van der Waals surface area contributed by atoms with E-state index in [4.69, 9.17) is 10.3 Å². The van der Waals surface area contributed by atoms with Crippen LogP contribution in [0.5, 0.6) is 0 Å². The van der Waals surface area contributed by atoms with Gasteiger partial charge in [0.2, 0.25) is 0 Å². The number of carbonyl (C=O) groups excluding carboxylic acids is 1. The molecular weight excluding hydrogens is 198 g/mol. The molecule has 0 unspecified atom stereocenters. The first-order valence-corrected chi connectivity index (χ1v) is 4.30. The maximum absolute atomic E-state index is 11.3. The molecular formula is C9H11N3O3. The van der Waals surface area contributed by atoms with E-state index in [9.17, 15) is 4.79 Å². The molecule has 1 heterocycles. The highest BCUT2D eigenvalue weighted by molar-refractivity contribution is 5.94. The molecule has 0 bridgehead atoms. The second kappa shape index (κ2) is 5.71. The average Bonchev–Trinajstić information content (AvgIpc) is 2.27. The van der Waals surface area contributed by atoms with Crippen LogP contribution in [-0.2, 0) is 0 Å². The van der Waals surface area contributed by atoms with E-state index in [0.717, 1.165) is 6.21 Å². The van der Waals surface area contributed by atoms with E-state index in [1.54, 1.807) is 12.1 Å². The average molecular weight is 209 g/mol. The number of carbonyl (C=O) groups is 1. The third-order valence-corrected chi connectivity index (χ3v) is 1.64. The topological polar surface area (TPSA) is 94.8 Å². The van der Waals surface area contributed by atoms with Crippen molar-refractivity contribution in [2.24, 2.45) is 5.16 Å². The van der Waals surface area contributed by atoms with E-state index in [-0.39, 0.29) is 19.1 Å². The number of amides is 1. The van der Waals surface area contributed by atoms with Gasteiger partial charge in [-0.05, 0) is 12.1 Å². The monoisotopic (exact) mass is 209 g/mol. The highest BCUT2D eigenvalue weighted by Crippen LogP contribution is 1.98. The number of hydrogen-bond acceptors (Lipinski definition) is 5. The minimum absolute atomic E-state index is 0.103. The number of aromatic nitrogens is 1. The fourth-order valence-electron chi connectivity index (χ4n) is 0.947. The summed E-state index contributed by atoms with van der Waals surface area (Å²) < 4.78 is 0. The Morgan fingerprint density at radius 3 is 2.93 bits per heavy atom. The number of pyridine rings is 1. The van der Waals surface area contributed by atoms with Crippen molar-refractivity contribution in [3.63, 3.8) is 0 Å². The highest BCUT2D eigenvalue weighted by Gasteiger charge is 2.04. The van der Waals surface area contributed by atoms with E-state index in [1.165, 1.54) is 6.20 Å².